The van der Waals surface area contributed by atoms with E-state index in [0.717, 1.165) is 22.9 Å². The molecule has 0 radical (unpaired) electrons. The fourth-order valence-electron chi connectivity index (χ4n) is 1.77. The molecule has 0 aliphatic carbocycles. The van der Waals surface area contributed by atoms with E-state index in [-0.39, 0.29) is 6.61 Å². The van der Waals surface area contributed by atoms with Crippen molar-refractivity contribution < 1.29 is 14.6 Å². The average Bonchev–Trinajstić information content (AvgIpc) is 2.93. The molecule has 0 aliphatic heterocycles. The molecule has 0 aliphatic rings. The molecule has 1 aromatic heterocycles. The fraction of sp³-hybridized carbons (Fsp3) is 0.385. The first-order valence-corrected chi connectivity index (χ1v) is 6.22. The van der Waals surface area contributed by atoms with Crippen LogP contribution in [0, 0.1) is 0 Å². The third-order valence-corrected chi connectivity index (χ3v) is 2.78. The highest BCUT2D eigenvalue weighted by molar-refractivity contribution is 5.59. The van der Waals surface area contributed by atoms with Crippen LogP contribution in [0.3, 0.4) is 0 Å². The number of anilines is 1. The third kappa shape index (κ3) is 3.39. The van der Waals surface area contributed by atoms with Crippen LogP contribution in [0.4, 0.5) is 5.69 Å². The molecule has 2 N–H and O–H groups in total. The minimum absolute atomic E-state index is 0.0416. The number of rotatable bonds is 7. The lowest BCUT2D eigenvalue weighted by Crippen LogP contribution is -2.03. The second-order valence-electron chi connectivity index (χ2n) is 4.12. The van der Waals surface area contributed by atoms with Gasteiger partial charge in [0.15, 0.2) is 0 Å². The summed E-state index contributed by atoms with van der Waals surface area (Å²) in [6.45, 7) is 0.990. The van der Waals surface area contributed by atoms with Crippen molar-refractivity contribution in [1.82, 2.24) is 15.0 Å². The number of ether oxygens (including phenoxy) is 2. The maximum absolute atomic E-state index is 8.83. The van der Waals surface area contributed by atoms with E-state index in [1.165, 1.54) is 0 Å². The summed E-state index contributed by atoms with van der Waals surface area (Å²) in [6.07, 6.45) is 1.79. The Kier molecular flexibility index (Phi) is 4.78. The van der Waals surface area contributed by atoms with Crippen molar-refractivity contribution >= 4 is 5.69 Å². The zero-order valence-corrected chi connectivity index (χ0v) is 11.5. The van der Waals surface area contributed by atoms with Crippen LogP contribution in [-0.2, 0) is 13.1 Å². The Morgan fingerprint density at radius 2 is 2.15 bits per heavy atom. The Hall–Kier alpha value is -2.28. The van der Waals surface area contributed by atoms with Gasteiger partial charge in [-0.2, -0.15) is 0 Å². The van der Waals surface area contributed by atoms with Crippen molar-refractivity contribution in [3.05, 3.63) is 30.1 Å². The average molecular weight is 278 g/mol. The lowest BCUT2D eigenvalue weighted by molar-refractivity contribution is 0.268. The summed E-state index contributed by atoms with van der Waals surface area (Å²) in [7, 11) is 3.23. The van der Waals surface area contributed by atoms with Crippen LogP contribution in [0.1, 0.15) is 5.69 Å². The third-order valence-electron chi connectivity index (χ3n) is 2.78. The number of benzene rings is 1. The van der Waals surface area contributed by atoms with Crippen LogP contribution < -0.4 is 14.8 Å². The number of nitrogens with one attached hydrogen (secondary N) is 1. The molecule has 0 bridgehead atoms. The fourth-order valence-corrected chi connectivity index (χ4v) is 1.77. The highest BCUT2D eigenvalue weighted by atomic mass is 16.5. The number of aliphatic hydroxyl groups is 1. The van der Waals surface area contributed by atoms with Gasteiger partial charge < -0.3 is 19.9 Å². The van der Waals surface area contributed by atoms with Gasteiger partial charge in [-0.25, -0.2) is 4.68 Å². The standard InChI is InChI=1S/C13H18N4O3/c1-19-11-3-4-13(20-2)12(7-11)14-8-10-9-17(5-6-18)16-15-10/h3-4,7,9,14,18H,5-6,8H2,1-2H3. The molecule has 0 amide bonds. The van der Waals surface area contributed by atoms with E-state index >= 15 is 0 Å². The second-order valence-corrected chi connectivity index (χ2v) is 4.12. The second kappa shape index (κ2) is 6.76. The highest BCUT2D eigenvalue weighted by Crippen LogP contribution is 2.29. The molecule has 7 heteroatoms. The smallest absolute Gasteiger partial charge is 0.142 e. The number of aromatic nitrogens is 3. The van der Waals surface area contributed by atoms with Crippen LogP contribution in [0.25, 0.3) is 0 Å². The molecule has 108 valence electrons. The van der Waals surface area contributed by atoms with Crippen LogP contribution >= 0.6 is 0 Å². The zero-order chi connectivity index (χ0) is 14.4. The summed E-state index contributed by atoms with van der Waals surface area (Å²) < 4.78 is 12.1. The molecule has 1 aromatic carbocycles. The zero-order valence-electron chi connectivity index (χ0n) is 11.5. The van der Waals surface area contributed by atoms with Crippen molar-refractivity contribution in [1.29, 1.82) is 0 Å². The quantitative estimate of drug-likeness (QED) is 0.783. The molecular formula is C13H18N4O3. The summed E-state index contributed by atoms with van der Waals surface area (Å²) in [5, 5.41) is 20.0. The molecule has 7 nitrogen and oxygen atoms in total. The van der Waals surface area contributed by atoms with Gasteiger partial charge in [-0.1, -0.05) is 5.21 Å². The van der Waals surface area contributed by atoms with Gasteiger partial charge in [0.1, 0.15) is 17.2 Å². The normalized spacial score (nSPS) is 10.3. The van der Waals surface area contributed by atoms with Crippen LogP contribution in [0.15, 0.2) is 24.4 Å². The molecule has 20 heavy (non-hydrogen) atoms. The summed E-state index contributed by atoms with van der Waals surface area (Å²) in [6, 6.07) is 5.53. The van der Waals surface area contributed by atoms with Crippen molar-refractivity contribution in [3.8, 4) is 11.5 Å². The maximum atomic E-state index is 8.83. The van der Waals surface area contributed by atoms with Crippen LogP contribution in [-0.4, -0.2) is 40.9 Å². The van der Waals surface area contributed by atoms with Crippen molar-refractivity contribution in [2.45, 2.75) is 13.1 Å². The van der Waals surface area contributed by atoms with Crippen molar-refractivity contribution in [2.24, 2.45) is 0 Å². The molecule has 0 unspecified atom stereocenters. The molecule has 0 fully saturated rings. The maximum Gasteiger partial charge on any atom is 0.142 e. The highest BCUT2D eigenvalue weighted by Gasteiger charge is 2.06. The Bertz CT molecular complexity index is 556. The van der Waals surface area contributed by atoms with E-state index in [1.807, 2.05) is 18.2 Å². The van der Waals surface area contributed by atoms with E-state index in [2.05, 4.69) is 15.6 Å². The lowest BCUT2D eigenvalue weighted by atomic mass is 10.2. The number of hydrogen-bond acceptors (Lipinski definition) is 6. The molecule has 2 aromatic rings. The predicted octanol–water partition coefficient (Wildman–Crippen LogP) is 0.900. The molecule has 0 saturated heterocycles. The van der Waals surface area contributed by atoms with Gasteiger partial charge in [0.05, 0.1) is 45.8 Å². The largest absolute Gasteiger partial charge is 0.497 e. The summed E-state index contributed by atoms with van der Waals surface area (Å²) in [5.41, 5.74) is 1.60. The van der Waals surface area contributed by atoms with E-state index in [1.54, 1.807) is 25.1 Å². The van der Waals surface area contributed by atoms with Crippen molar-refractivity contribution in [2.75, 3.05) is 26.1 Å². The molecule has 0 atom stereocenters. The van der Waals surface area contributed by atoms with Gasteiger partial charge in [-0.15, -0.1) is 5.10 Å². The Morgan fingerprint density at radius 1 is 1.30 bits per heavy atom. The lowest BCUT2D eigenvalue weighted by Gasteiger charge is -2.11. The minimum atomic E-state index is 0.0416. The van der Waals surface area contributed by atoms with Gasteiger partial charge in [-0.05, 0) is 12.1 Å². The van der Waals surface area contributed by atoms with Crippen LogP contribution in [0.2, 0.25) is 0 Å². The summed E-state index contributed by atoms with van der Waals surface area (Å²) >= 11 is 0. The van der Waals surface area contributed by atoms with Gasteiger partial charge in [-0.3, -0.25) is 0 Å². The molecular weight excluding hydrogens is 260 g/mol. The van der Waals surface area contributed by atoms with E-state index in [9.17, 15) is 0 Å². The Labute approximate surface area is 117 Å². The number of aliphatic hydroxyl groups excluding tert-OH is 1. The van der Waals surface area contributed by atoms with Gasteiger partial charge >= 0.3 is 0 Å². The number of hydrogen-bond donors (Lipinski definition) is 2. The summed E-state index contributed by atoms with van der Waals surface area (Å²) in [4.78, 5) is 0. The van der Waals surface area contributed by atoms with E-state index < -0.39 is 0 Å². The van der Waals surface area contributed by atoms with Gasteiger partial charge in [0.25, 0.3) is 0 Å². The monoisotopic (exact) mass is 278 g/mol. The molecule has 0 spiro atoms. The Balaban J connectivity index is 2.05. The first-order valence-electron chi connectivity index (χ1n) is 6.22. The summed E-state index contributed by atoms with van der Waals surface area (Å²) in [5.74, 6) is 1.48. The Morgan fingerprint density at radius 3 is 2.85 bits per heavy atom. The molecule has 1 heterocycles. The molecule has 2 rings (SSSR count). The first kappa shape index (κ1) is 14.1. The minimum Gasteiger partial charge on any atom is -0.497 e. The van der Waals surface area contributed by atoms with Crippen LogP contribution in [0.5, 0.6) is 11.5 Å². The first-order chi connectivity index (χ1) is 9.76. The van der Waals surface area contributed by atoms with E-state index in [4.69, 9.17) is 14.6 Å². The SMILES string of the molecule is COc1ccc(OC)c(NCc2cn(CCO)nn2)c1. The van der Waals surface area contributed by atoms with Gasteiger partial charge in [0.2, 0.25) is 0 Å². The molecule has 0 saturated carbocycles. The number of methoxy groups -OCH3 is 2. The number of nitrogens with zero attached hydrogens (tertiary/aromatic N) is 3. The predicted molar refractivity (Wildman–Crippen MR) is 74.0 cm³/mol. The van der Waals surface area contributed by atoms with Gasteiger partial charge in [0, 0.05) is 6.07 Å². The topological polar surface area (TPSA) is 81.4 Å². The van der Waals surface area contributed by atoms with E-state index in [0.29, 0.717) is 13.1 Å². The van der Waals surface area contributed by atoms with Crippen molar-refractivity contribution in [3.63, 3.8) is 0 Å².